The second-order valence-corrected chi connectivity index (χ2v) is 9.97. The van der Waals surface area contributed by atoms with Crippen LogP contribution in [0.15, 0.2) is 53.7 Å². The number of carbonyl (C=O) groups is 1. The van der Waals surface area contributed by atoms with E-state index in [1.807, 2.05) is 48.5 Å². The van der Waals surface area contributed by atoms with Gasteiger partial charge < -0.3 is 14.8 Å². The third-order valence-corrected chi connectivity index (χ3v) is 6.65. The Bertz CT molecular complexity index is 1100. The zero-order valence-electron chi connectivity index (χ0n) is 20.0. The van der Waals surface area contributed by atoms with Gasteiger partial charge in [0.25, 0.3) is 0 Å². The number of amides is 1. The summed E-state index contributed by atoms with van der Waals surface area (Å²) in [5.41, 5.74) is 2.03. The number of thioether (sulfide) groups is 1. The summed E-state index contributed by atoms with van der Waals surface area (Å²) in [6, 6.07) is 16.1. The van der Waals surface area contributed by atoms with E-state index in [0.29, 0.717) is 23.4 Å². The highest BCUT2D eigenvalue weighted by atomic mass is 32.2. The first-order valence-corrected chi connectivity index (χ1v) is 12.8. The van der Waals surface area contributed by atoms with Crippen LogP contribution in [-0.4, -0.2) is 39.3 Å². The normalized spacial score (nSPS) is 13.3. The molecule has 1 aliphatic rings. The molecule has 0 spiro atoms. The van der Waals surface area contributed by atoms with E-state index in [1.54, 1.807) is 0 Å². The predicted molar refractivity (Wildman–Crippen MR) is 134 cm³/mol. The summed E-state index contributed by atoms with van der Waals surface area (Å²) in [6.07, 6.45) is 3.30. The molecule has 2 aromatic carbocycles. The Labute approximate surface area is 205 Å². The number of ether oxygens (including phenoxy) is 2. The fraction of sp³-hybridized carbons (Fsp3) is 0.423. The Balaban J connectivity index is 1.45. The van der Waals surface area contributed by atoms with Gasteiger partial charge in [-0.15, -0.1) is 10.2 Å². The van der Waals surface area contributed by atoms with Crippen LogP contribution in [0.25, 0.3) is 11.4 Å². The van der Waals surface area contributed by atoms with E-state index in [0.717, 1.165) is 41.3 Å². The van der Waals surface area contributed by atoms with Crippen molar-refractivity contribution < 1.29 is 14.3 Å². The second-order valence-electron chi connectivity index (χ2n) is 9.03. The quantitative estimate of drug-likeness (QED) is 0.383. The lowest BCUT2D eigenvalue weighted by Crippen LogP contribution is -2.33. The van der Waals surface area contributed by atoms with Crippen LogP contribution in [0, 0.1) is 5.92 Å². The van der Waals surface area contributed by atoms with Crippen molar-refractivity contribution >= 4 is 17.7 Å². The summed E-state index contributed by atoms with van der Waals surface area (Å²) >= 11 is 1.41. The number of hydrogen-bond donors (Lipinski definition) is 1. The minimum atomic E-state index is 0.0148. The van der Waals surface area contributed by atoms with E-state index in [2.05, 4.69) is 40.9 Å². The molecule has 3 aromatic rings. The molecule has 7 nitrogen and oxygen atoms in total. The number of nitrogens with one attached hydrogen (secondary N) is 1. The highest BCUT2D eigenvalue weighted by Crippen LogP contribution is 2.33. The highest BCUT2D eigenvalue weighted by molar-refractivity contribution is 7.99. The van der Waals surface area contributed by atoms with Crippen LogP contribution in [0.4, 0.5) is 0 Å². The third-order valence-electron chi connectivity index (χ3n) is 5.68. The van der Waals surface area contributed by atoms with Crippen LogP contribution in [0.2, 0.25) is 0 Å². The van der Waals surface area contributed by atoms with Gasteiger partial charge in [-0.05, 0) is 37.0 Å². The Hall–Kier alpha value is -3.00. The van der Waals surface area contributed by atoms with E-state index in [9.17, 15) is 4.79 Å². The zero-order valence-corrected chi connectivity index (χ0v) is 20.8. The van der Waals surface area contributed by atoms with E-state index >= 15 is 0 Å². The van der Waals surface area contributed by atoms with Crippen molar-refractivity contribution in [2.24, 2.45) is 5.92 Å². The molecule has 180 valence electrons. The predicted octanol–water partition coefficient (Wildman–Crippen LogP) is 5.15. The number of nitrogens with zero attached hydrogens (tertiary/aromatic N) is 3. The van der Waals surface area contributed by atoms with Gasteiger partial charge in [-0.1, -0.05) is 74.8 Å². The van der Waals surface area contributed by atoms with Crippen molar-refractivity contribution in [1.82, 2.24) is 20.1 Å². The number of aromatic nitrogens is 3. The van der Waals surface area contributed by atoms with Crippen molar-refractivity contribution in [3.8, 4) is 22.9 Å². The summed E-state index contributed by atoms with van der Waals surface area (Å²) in [5.74, 6) is 3.26. The molecule has 1 N–H and O–H groups in total. The molecular formula is C26H32N4O3S. The van der Waals surface area contributed by atoms with Crippen LogP contribution < -0.4 is 14.8 Å². The molecule has 0 fully saturated rings. The first-order valence-electron chi connectivity index (χ1n) is 11.8. The molecular weight excluding hydrogens is 448 g/mol. The maximum absolute atomic E-state index is 12.6. The van der Waals surface area contributed by atoms with Crippen molar-refractivity contribution in [3.05, 3.63) is 54.1 Å². The molecule has 4 rings (SSSR count). The standard InChI is InChI=1S/C26H32N4O3S/c1-18(2)8-7-9-19(3)27-24(31)16-34-26-29-28-25(21-10-5-4-6-11-21)30(26)15-20-12-13-22-23(14-20)33-17-32-22/h4-6,10-14,18-19H,7-9,15-17H2,1-3H3,(H,27,31). The lowest BCUT2D eigenvalue weighted by Gasteiger charge is -2.15. The molecule has 0 radical (unpaired) electrons. The largest absolute Gasteiger partial charge is 0.454 e. The molecule has 0 bridgehead atoms. The molecule has 1 aliphatic heterocycles. The van der Waals surface area contributed by atoms with E-state index in [-0.39, 0.29) is 18.7 Å². The summed E-state index contributed by atoms with van der Waals surface area (Å²) in [5, 5.41) is 12.7. The molecule has 34 heavy (non-hydrogen) atoms. The number of carbonyl (C=O) groups excluding carboxylic acids is 1. The first kappa shape index (κ1) is 24.1. The van der Waals surface area contributed by atoms with Crippen molar-refractivity contribution in [1.29, 1.82) is 0 Å². The second kappa shape index (κ2) is 11.4. The average Bonchev–Trinajstić information content (AvgIpc) is 3.44. The van der Waals surface area contributed by atoms with Crippen LogP contribution in [0.5, 0.6) is 11.5 Å². The molecule has 1 aromatic heterocycles. The molecule has 1 amide bonds. The smallest absolute Gasteiger partial charge is 0.231 e. The lowest BCUT2D eigenvalue weighted by atomic mass is 10.0. The zero-order chi connectivity index (χ0) is 23.9. The summed E-state index contributed by atoms with van der Waals surface area (Å²) < 4.78 is 13.0. The van der Waals surface area contributed by atoms with Gasteiger partial charge in [0.2, 0.25) is 12.7 Å². The fourth-order valence-corrected chi connectivity index (χ4v) is 4.66. The van der Waals surface area contributed by atoms with Gasteiger partial charge >= 0.3 is 0 Å². The monoisotopic (exact) mass is 480 g/mol. The van der Waals surface area contributed by atoms with Gasteiger partial charge in [0, 0.05) is 11.6 Å². The molecule has 1 unspecified atom stereocenters. The minimum absolute atomic E-state index is 0.0148. The van der Waals surface area contributed by atoms with Gasteiger partial charge in [-0.3, -0.25) is 9.36 Å². The van der Waals surface area contributed by atoms with E-state index in [4.69, 9.17) is 9.47 Å². The van der Waals surface area contributed by atoms with Gasteiger partial charge in [0.1, 0.15) is 0 Å². The number of rotatable bonds is 11. The van der Waals surface area contributed by atoms with Crippen molar-refractivity contribution in [3.63, 3.8) is 0 Å². The third kappa shape index (κ3) is 6.32. The number of fused-ring (bicyclic) bond motifs is 1. The van der Waals surface area contributed by atoms with Gasteiger partial charge in [0.15, 0.2) is 22.5 Å². The fourth-order valence-electron chi connectivity index (χ4n) is 3.91. The van der Waals surface area contributed by atoms with Crippen LogP contribution in [0.1, 0.15) is 45.6 Å². The highest BCUT2D eigenvalue weighted by Gasteiger charge is 2.19. The van der Waals surface area contributed by atoms with E-state index in [1.165, 1.54) is 18.2 Å². The Morgan fingerprint density at radius 2 is 1.85 bits per heavy atom. The van der Waals surface area contributed by atoms with Gasteiger partial charge in [-0.25, -0.2) is 0 Å². The van der Waals surface area contributed by atoms with E-state index < -0.39 is 0 Å². The molecule has 0 saturated heterocycles. The summed E-state index contributed by atoms with van der Waals surface area (Å²) in [6.45, 7) is 7.32. The molecule has 8 heteroatoms. The van der Waals surface area contributed by atoms with Crippen LogP contribution in [-0.2, 0) is 11.3 Å². The SMILES string of the molecule is CC(C)CCCC(C)NC(=O)CSc1nnc(-c2ccccc2)n1Cc1ccc2c(c1)OCO2. The van der Waals surface area contributed by atoms with Crippen LogP contribution >= 0.6 is 11.8 Å². The summed E-state index contributed by atoms with van der Waals surface area (Å²) in [4.78, 5) is 12.6. The Morgan fingerprint density at radius 3 is 2.65 bits per heavy atom. The van der Waals surface area contributed by atoms with Crippen LogP contribution in [0.3, 0.4) is 0 Å². The summed E-state index contributed by atoms with van der Waals surface area (Å²) in [7, 11) is 0. The molecule has 0 aliphatic carbocycles. The Kier molecular flexibility index (Phi) is 8.11. The van der Waals surface area contributed by atoms with Crippen molar-refractivity contribution in [2.75, 3.05) is 12.5 Å². The molecule has 2 heterocycles. The molecule has 1 atom stereocenters. The van der Waals surface area contributed by atoms with Crippen molar-refractivity contribution in [2.45, 2.75) is 57.8 Å². The maximum Gasteiger partial charge on any atom is 0.231 e. The topological polar surface area (TPSA) is 78.3 Å². The lowest BCUT2D eigenvalue weighted by molar-refractivity contribution is -0.119. The average molecular weight is 481 g/mol. The molecule has 0 saturated carbocycles. The number of hydrogen-bond acceptors (Lipinski definition) is 6. The number of benzene rings is 2. The minimum Gasteiger partial charge on any atom is -0.454 e. The van der Waals surface area contributed by atoms with Gasteiger partial charge in [0.05, 0.1) is 12.3 Å². The maximum atomic E-state index is 12.6. The first-order chi connectivity index (χ1) is 16.5. The Morgan fingerprint density at radius 1 is 1.06 bits per heavy atom. The van der Waals surface area contributed by atoms with Gasteiger partial charge in [-0.2, -0.15) is 0 Å².